The molecule has 0 saturated carbocycles. The molecule has 28 heavy (non-hydrogen) atoms. The number of primary amides is 1. The van der Waals surface area contributed by atoms with Crippen LogP contribution in [0.2, 0.25) is 5.02 Å². The molecular weight excluding hydrogens is 384 g/mol. The second-order valence-corrected chi connectivity index (χ2v) is 6.35. The third-order valence-electron chi connectivity index (χ3n) is 3.91. The molecule has 0 spiro atoms. The van der Waals surface area contributed by atoms with Crippen LogP contribution in [0, 0.1) is 6.92 Å². The number of ether oxygens (including phenoxy) is 3. The predicted molar refractivity (Wildman–Crippen MR) is 104 cm³/mol. The lowest BCUT2D eigenvalue weighted by Crippen LogP contribution is -2.20. The maximum atomic E-state index is 12.2. The van der Waals surface area contributed by atoms with Crippen LogP contribution in [-0.4, -0.2) is 31.5 Å². The summed E-state index contributed by atoms with van der Waals surface area (Å²) >= 11 is 6.23. The number of hydrogen-bond donors (Lipinski definition) is 1. The van der Waals surface area contributed by atoms with E-state index in [1.165, 1.54) is 13.2 Å². The van der Waals surface area contributed by atoms with Gasteiger partial charge < -0.3 is 19.9 Å². The monoisotopic (exact) mass is 400 g/mol. The SMILES string of the molecule is COc1cc(/C=C2\N=C(c3ccccc3C)OC2=O)cc(Cl)c1OCC(N)=O. The van der Waals surface area contributed by atoms with E-state index in [4.69, 9.17) is 31.5 Å². The van der Waals surface area contributed by atoms with Gasteiger partial charge in [-0.3, -0.25) is 4.79 Å². The van der Waals surface area contributed by atoms with Gasteiger partial charge in [0.1, 0.15) is 0 Å². The van der Waals surface area contributed by atoms with Crippen LogP contribution in [0.1, 0.15) is 16.7 Å². The second kappa shape index (κ2) is 8.14. The van der Waals surface area contributed by atoms with Crippen molar-refractivity contribution < 1.29 is 23.8 Å². The molecule has 3 rings (SSSR count). The summed E-state index contributed by atoms with van der Waals surface area (Å²) in [5, 5.41) is 0.196. The van der Waals surface area contributed by atoms with Crippen molar-refractivity contribution in [2.45, 2.75) is 6.92 Å². The van der Waals surface area contributed by atoms with Gasteiger partial charge in [0.05, 0.1) is 12.1 Å². The van der Waals surface area contributed by atoms with Crippen molar-refractivity contribution in [3.8, 4) is 11.5 Å². The van der Waals surface area contributed by atoms with Gasteiger partial charge in [0.2, 0.25) is 5.90 Å². The standard InChI is InChI=1S/C20H17ClN2O5/c1-11-5-3-4-6-13(11)19-23-15(20(25)28-19)8-12-7-14(21)18(16(9-12)26-2)27-10-17(22)24/h3-9H,10H2,1-2H3,(H2,22,24)/b15-8-. The van der Waals surface area contributed by atoms with E-state index in [1.54, 1.807) is 12.1 Å². The summed E-state index contributed by atoms with van der Waals surface area (Å²) in [6.07, 6.45) is 1.53. The number of halogens is 1. The number of carbonyl (C=O) groups is 2. The highest BCUT2D eigenvalue weighted by Crippen LogP contribution is 2.37. The summed E-state index contributed by atoms with van der Waals surface area (Å²) in [7, 11) is 1.43. The van der Waals surface area contributed by atoms with E-state index in [-0.39, 0.29) is 34.7 Å². The molecular formula is C20H17ClN2O5. The molecule has 1 amide bonds. The molecule has 0 fully saturated rings. The molecule has 0 atom stereocenters. The minimum atomic E-state index is -0.643. The van der Waals surface area contributed by atoms with Crippen molar-refractivity contribution in [1.82, 2.24) is 0 Å². The quantitative estimate of drug-likeness (QED) is 0.593. The number of amides is 1. The maximum Gasteiger partial charge on any atom is 0.363 e. The summed E-state index contributed by atoms with van der Waals surface area (Å²) < 4.78 is 15.8. The molecule has 2 aromatic carbocycles. The second-order valence-electron chi connectivity index (χ2n) is 5.94. The number of nitrogens with two attached hydrogens (primary N) is 1. The smallest absolute Gasteiger partial charge is 0.363 e. The minimum Gasteiger partial charge on any atom is -0.493 e. The third-order valence-corrected chi connectivity index (χ3v) is 4.19. The van der Waals surface area contributed by atoms with E-state index in [0.717, 1.165) is 11.1 Å². The van der Waals surface area contributed by atoms with Crippen LogP contribution < -0.4 is 15.2 Å². The van der Waals surface area contributed by atoms with Gasteiger partial charge in [0.15, 0.2) is 23.8 Å². The number of rotatable bonds is 6. The Morgan fingerprint density at radius 3 is 2.75 bits per heavy atom. The van der Waals surface area contributed by atoms with Crippen molar-refractivity contribution in [3.63, 3.8) is 0 Å². The Hall–Kier alpha value is -3.32. The van der Waals surface area contributed by atoms with Gasteiger partial charge in [-0.05, 0) is 42.3 Å². The minimum absolute atomic E-state index is 0.127. The fraction of sp³-hybridized carbons (Fsp3) is 0.150. The molecule has 0 radical (unpaired) electrons. The van der Waals surface area contributed by atoms with Crippen LogP contribution in [-0.2, 0) is 14.3 Å². The zero-order valence-corrected chi connectivity index (χ0v) is 15.9. The Bertz CT molecular complexity index is 1010. The molecule has 2 N–H and O–H groups in total. The third kappa shape index (κ3) is 4.15. The van der Waals surface area contributed by atoms with Crippen LogP contribution >= 0.6 is 11.6 Å². The van der Waals surface area contributed by atoms with Gasteiger partial charge >= 0.3 is 5.97 Å². The molecule has 0 bridgehead atoms. The molecule has 7 nitrogen and oxygen atoms in total. The fourth-order valence-electron chi connectivity index (χ4n) is 2.60. The number of esters is 1. The number of cyclic esters (lactones) is 1. The van der Waals surface area contributed by atoms with Crippen LogP contribution in [0.5, 0.6) is 11.5 Å². The number of aryl methyl sites for hydroxylation is 1. The highest BCUT2D eigenvalue weighted by Gasteiger charge is 2.25. The molecule has 0 unspecified atom stereocenters. The lowest BCUT2D eigenvalue weighted by Gasteiger charge is -2.12. The van der Waals surface area contributed by atoms with Crippen LogP contribution in [0.3, 0.4) is 0 Å². The fourth-order valence-corrected chi connectivity index (χ4v) is 2.88. The zero-order chi connectivity index (χ0) is 20.3. The van der Waals surface area contributed by atoms with Crippen LogP contribution in [0.4, 0.5) is 0 Å². The molecule has 0 aliphatic carbocycles. The predicted octanol–water partition coefficient (Wildman–Crippen LogP) is 2.87. The Kier molecular flexibility index (Phi) is 5.65. The molecule has 8 heteroatoms. The average molecular weight is 401 g/mol. The Labute approximate surface area is 166 Å². The summed E-state index contributed by atoms with van der Waals surface area (Å²) in [6, 6.07) is 10.6. The maximum absolute atomic E-state index is 12.2. The lowest BCUT2D eigenvalue weighted by atomic mass is 10.1. The number of methoxy groups -OCH3 is 1. The molecule has 1 aliphatic rings. The Balaban J connectivity index is 1.94. The van der Waals surface area contributed by atoms with Crippen molar-refractivity contribution >= 4 is 35.5 Å². The van der Waals surface area contributed by atoms with Gasteiger partial charge in [-0.15, -0.1) is 0 Å². The van der Waals surface area contributed by atoms with E-state index < -0.39 is 11.9 Å². The first-order valence-corrected chi connectivity index (χ1v) is 8.64. The van der Waals surface area contributed by atoms with Gasteiger partial charge in [0.25, 0.3) is 5.91 Å². The normalized spacial score (nSPS) is 14.6. The topological polar surface area (TPSA) is 100 Å². The average Bonchev–Trinajstić information content (AvgIpc) is 3.00. The van der Waals surface area contributed by atoms with E-state index in [9.17, 15) is 9.59 Å². The zero-order valence-electron chi connectivity index (χ0n) is 15.2. The molecule has 1 heterocycles. The number of benzene rings is 2. The van der Waals surface area contributed by atoms with Gasteiger partial charge in [0, 0.05) is 5.56 Å². The molecule has 0 aromatic heterocycles. The molecule has 2 aromatic rings. The highest BCUT2D eigenvalue weighted by atomic mass is 35.5. The first-order valence-electron chi connectivity index (χ1n) is 8.26. The van der Waals surface area contributed by atoms with Gasteiger partial charge in [-0.25, -0.2) is 9.79 Å². The number of carbonyl (C=O) groups excluding carboxylic acids is 2. The molecule has 144 valence electrons. The van der Waals surface area contributed by atoms with Crippen molar-refractivity contribution in [3.05, 3.63) is 63.8 Å². The van der Waals surface area contributed by atoms with Crippen LogP contribution in [0.15, 0.2) is 47.1 Å². The van der Waals surface area contributed by atoms with E-state index in [0.29, 0.717) is 5.56 Å². The van der Waals surface area contributed by atoms with Gasteiger partial charge in [-0.1, -0.05) is 29.8 Å². The van der Waals surface area contributed by atoms with Crippen LogP contribution in [0.25, 0.3) is 6.08 Å². The summed E-state index contributed by atoms with van der Waals surface area (Å²) in [6.45, 7) is 1.57. The van der Waals surface area contributed by atoms with E-state index in [1.807, 2.05) is 31.2 Å². The largest absolute Gasteiger partial charge is 0.493 e. The Morgan fingerprint density at radius 2 is 2.07 bits per heavy atom. The van der Waals surface area contributed by atoms with Crippen molar-refractivity contribution in [2.75, 3.05) is 13.7 Å². The van der Waals surface area contributed by atoms with E-state index in [2.05, 4.69) is 4.99 Å². The Morgan fingerprint density at radius 1 is 1.32 bits per heavy atom. The molecule has 0 saturated heterocycles. The van der Waals surface area contributed by atoms with Gasteiger partial charge in [-0.2, -0.15) is 0 Å². The lowest BCUT2D eigenvalue weighted by molar-refractivity contribution is -0.130. The first kappa shape index (κ1) is 19.4. The summed E-state index contributed by atoms with van der Waals surface area (Å²) in [5.41, 5.74) is 7.44. The summed E-state index contributed by atoms with van der Waals surface area (Å²) in [5.74, 6) is -0.495. The van der Waals surface area contributed by atoms with Crippen molar-refractivity contribution in [2.24, 2.45) is 10.7 Å². The number of aliphatic imine (C=N–C) groups is 1. The first-order chi connectivity index (χ1) is 13.4. The summed E-state index contributed by atoms with van der Waals surface area (Å²) in [4.78, 5) is 27.4. The molecule has 1 aliphatic heterocycles. The van der Waals surface area contributed by atoms with Crippen molar-refractivity contribution in [1.29, 1.82) is 0 Å². The highest BCUT2D eigenvalue weighted by molar-refractivity contribution is 6.32. The number of hydrogen-bond acceptors (Lipinski definition) is 6. The van der Waals surface area contributed by atoms with E-state index >= 15 is 0 Å². The number of nitrogens with zero attached hydrogens (tertiary/aromatic N) is 1.